The molecule has 2 heterocycles. The summed E-state index contributed by atoms with van der Waals surface area (Å²) in [5.41, 5.74) is 0.788. The van der Waals surface area contributed by atoms with Gasteiger partial charge in [0.1, 0.15) is 4.83 Å². The summed E-state index contributed by atoms with van der Waals surface area (Å²) >= 11 is 1.55. The third-order valence-corrected chi connectivity index (χ3v) is 6.11. The van der Waals surface area contributed by atoms with Gasteiger partial charge in [-0.25, -0.2) is 4.98 Å². The monoisotopic (exact) mass is 437 g/mol. The van der Waals surface area contributed by atoms with Crippen LogP contribution in [0.5, 0.6) is 5.75 Å². The van der Waals surface area contributed by atoms with E-state index in [2.05, 4.69) is 15.0 Å². The van der Waals surface area contributed by atoms with Crippen LogP contribution in [0.25, 0.3) is 10.2 Å². The molecule has 6 nitrogen and oxygen atoms in total. The van der Waals surface area contributed by atoms with Crippen molar-refractivity contribution in [3.63, 3.8) is 0 Å². The topological polar surface area (TPSA) is 73.2 Å². The predicted octanol–water partition coefficient (Wildman–Crippen LogP) is 4.26. The summed E-state index contributed by atoms with van der Waals surface area (Å²) in [4.78, 5) is 31.5. The first-order valence-corrected chi connectivity index (χ1v) is 10.3. The van der Waals surface area contributed by atoms with Crippen LogP contribution in [-0.2, 0) is 24.2 Å². The Labute approximate surface area is 173 Å². The summed E-state index contributed by atoms with van der Waals surface area (Å²) in [5.74, 6) is -1.03. The van der Waals surface area contributed by atoms with Gasteiger partial charge in [0.2, 0.25) is 5.91 Å². The van der Waals surface area contributed by atoms with Gasteiger partial charge in [-0.15, -0.1) is 24.5 Å². The third-order valence-electron chi connectivity index (χ3n) is 4.91. The molecule has 0 atom stereocenters. The van der Waals surface area contributed by atoms with E-state index in [4.69, 9.17) is 0 Å². The second-order valence-corrected chi connectivity index (χ2v) is 8.06. The van der Waals surface area contributed by atoms with E-state index in [0.29, 0.717) is 10.2 Å². The maximum Gasteiger partial charge on any atom is 0.573 e. The van der Waals surface area contributed by atoms with Gasteiger partial charge >= 0.3 is 6.36 Å². The van der Waals surface area contributed by atoms with Gasteiger partial charge < -0.3 is 10.1 Å². The standard InChI is InChI=1S/C20H18F3N3O3S/c21-20(22,23)29-14-7-3-2-6-13(14)25-16(27)9-10-26-11-24-18-17(19(26)28)12-5-1-4-8-15(12)30-18/h2-3,6-7,11H,1,4-5,8-10H2,(H,25,27). The zero-order chi connectivity index (χ0) is 21.3. The number of thiophene rings is 1. The van der Waals surface area contributed by atoms with E-state index in [1.54, 1.807) is 11.3 Å². The van der Waals surface area contributed by atoms with Crippen LogP contribution in [0.1, 0.15) is 29.7 Å². The molecule has 3 aromatic rings. The number of alkyl halides is 3. The Morgan fingerprint density at radius 1 is 1.23 bits per heavy atom. The maximum absolute atomic E-state index is 12.9. The lowest BCUT2D eigenvalue weighted by atomic mass is 9.97. The summed E-state index contributed by atoms with van der Waals surface area (Å²) in [7, 11) is 0. The first-order chi connectivity index (χ1) is 14.3. The lowest BCUT2D eigenvalue weighted by Gasteiger charge is -2.14. The summed E-state index contributed by atoms with van der Waals surface area (Å²) in [6.07, 6.45) is 0.405. The number of nitrogens with one attached hydrogen (secondary N) is 1. The fourth-order valence-electron chi connectivity index (χ4n) is 3.56. The number of anilines is 1. The molecule has 0 radical (unpaired) electrons. The van der Waals surface area contributed by atoms with Gasteiger partial charge in [0, 0.05) is 17.8 Å². The Hall–Kier alpha value is -2.88. The Morgan fingerprint density at radius 3 is 2.80 bits per heavy atom. The molecule has 0 unspecified atom stereocenters. The highest BCUT2D eigenvalue weighted by Gasteiger charge is 2.32. The zero-order valence-electron chi connectivity index (χ0n) is 15.8. The van der Waals surface area contributed by atoms with Gasteiger partial charge in [0.15, 0.2) is 5.75 Å². The van der Waals surface area contributed by atoms with Crippen LogP contribution in [0, 0.1) is 0 Å². The van der Waals surface area contributed by atoms with Crippen LogP contribution in [0.15, 0.2) is 35.4 Å². The molecule has 0 bridgehead atoms. The number of aryl methyl sites for hydroxylation is 3. The van der Waals surface area contributed by atoms with E-state index in [1.807, 2.05) is 0 Å². The molecule has 1 aliphatic rings. The molecule has 158 valence electrons. The Morgan fingerprint density at radius 2 is 2.00 bits per heavy atom. The first-order valence-electron chi connectivity index (χ1n) is 9.46. The lowest BCUT2D eigenvalue weighted by Crippen LogP contribution is -2.24. The van der Waals surface area contributed by atoms with E-state index in [9.17, 15) is 22.8 Å². The summed E-state index contributed by atoms with van der Waals surface area (Å²) in [6.45, 7) is 0.0700. The van der Waals surface area contributed by atoms with Crippen LogP contribution in [0.4, 0.5) is 18.9 Å². The van der Waals surface area contributed by atoms with E-state index >= 15 is 0 Å². The summed E-state index contributed by atoms with van der Waals surface area (Å²) in [5, 5.41) is 3.03. The number of carbonyl (C=O) groups is 1. The van der Waals surface area contributed by atoms with Crippen LogP contribution >= 0.6 is 11.3 Å². The molecule has 2 aromatic heterocycles. The first kappa shape index (κ1) is 20.4. The van der Waals surface area contributed by atoms with Crippen molar-refractivity contribution in [2.24, 2.45) is 0 Å². The number of hydrogen-bond donors (Lipinski definition) is 1. The molecule has 1 amide bonds. The maximum atomic E-state index is 12.9. The van der Waals surface area contributed by atoms with Crippen LogP contribution in [0.2, 0.25) is 0 Å². The third kappa shape index (κ3) is 4.33. The molecule has 1 aromatic carbocycles. The summed E-state index contributed by atoms with van der Waals surface area (Å²) < 4.78 is 42.8. The minimum Gasteiger partial charge on any atom is -0.404 e. The van der Waals surface area contributed by atoms with Crippen molar-refractivity contribution in [2.45, 2.75) is 45.0 Å². The largest absolute Gasteiger partial charge is 0.573 e. The average Bonchev–Trinajstić information content (AvgIpc) is 3.07. The normalized spacial score (nSPS) is 13.8. The van der Waals surface area contributed by atoms with Crippen LogP contribution in [-0.4, -0.2) is 21.8 Å². The number of rotatable bonds is 5. The van der Waals surface area contributed by atoms with Gasteiger partial charge in [-0.05, 0) is 43.4 Å². The Balaban J connectivity index is 1.48. The molecule has 0 spiro atoms. The smallest absolute Gasteiger partial charge is 0.404 e. The zero-order valence-corrected chi connectivity index (χ0v) is 16.6. The van der Waals surface area contributed by atoms with Gasteiger partial charge in [0.05, 0.1) is 17.4 Å². The minimum absolute atomic E-state index is 0.0700. The molecule has 0 aliphatic heterocycles. The molecule has 10 heteroatoms. The summed E-state index contributed by atoms with van der Waals surface area (Å²) in [6, 6.07) is 5.29. The molecular weight excluding hydrogens is 419 g/mol. The number of ether oxygens (including phenoxy) is 1. The fraction of sp³-hybridized carbons (Fsp3) is 0.350. The Kier molecular flexibility index (Phi) is 5.50. The van der Waals surface area contributed by atoms with Crippen molar-refractivity contribution in [1.82, 2.24) is 9.55 Å². The number of aromatic nitrogens is 2. The van der Waals surface area contributed by atoms with Gasteiger partial charge in [0.25, 0.3) is 5.56 Å². The van der Waals surface area contributed by atoms with Crippen molar-refractivity contribution in [3.05, 3.63) is 51.4 Å². The highest BCUT2D eigenvalue weighted by atomic mass is 32.1. The van der Waals surface area contributed by atoms with E-state index in [0.717, 1.165) is 37.3 Å². The fourth-order valence-corrected chi connectivity index (χ4v) is 4.78. The van der Waals surface area contributed by atoms with Gasteiger partial charge in [-0.3, -0.25) is 14.2 Å². The molecule has 4 rings (SSSR count). The number of hydrogen-bond acceptors (Lipinski definition) is 5. The van der Waals surface area contributed by atoms with Crippen LogP contribution < -0.4 is 15.6 Å². The average molecular weight is 437 g/mol. The molecule has 1 N–H and O–H groups in total. The molecule has 0 saturated heterocycles. The molecule has 1 aliphatic carbocycles. The molecule has 0 fully saturated rings. The number of carbonyl (C=O) groups excluding carboxylic acids is 1. The second-order valence-electron chi connectivity index (χ2n) is 6.98. The van der Waals surface area contributed by atoms with Crippen molar-refractivity contribution in [1.29, 1.82) is 0 Å². The molecular formula is C20H18F3N3O3S. The van der Waals surface area contributed by atoms with Crippen molar-refractivity contribution in [2.75, 3.05) is 5.32 Å². The second kappa shape index (κ2) is 8.10. The number of para-hydroxylation sites is 2. The van der Waals surface area contributed by atoms with Gasteiger partial charge in [-0.2, -0.15) is 0 Å². The number of nitrogens with zero attached hydrogens (tertiary/aromatic N) is 2. The number of fused-ring (bicyclic) bond motifs is 3. The lowest BCUT2D eigenvalue weighted by molar-refractivity contribution is -0.274. The van der Waals surface area contributed by atoms with Crippen molar-refractivity contribution >= 4 is 33.1 Å². The number of benzene rings is 1. The van der Waals surface area contributed by atoms with Crippen molar-refractivity contribution in [3.8, 4) is 5.75 Å². The highest BCUT2D eigenvalue weighted by molar-refractivity contribution is 7.18. The highest BCUT2D eigenvalue weighted by Crippen LogP contribution is 2.33. The molecule has 0 saturated carbocycles. The van der Waals surface area contributed by atoms with Gasteiger partial charge in [-0.1, -0.05) is 12.1 Å². The van der Waals surface area contributed by atoms with E-state index in [-0.39, 0.29) is 24.2 Å². The Bertz CT molecular complexity index is 1150. The predicted molar refractivity (Wildman–Crippen MR) is 107 cm³/mol. The SMILES string of the molecule is O=C(CCn1cnc2sc3c(c2c1=O)CCCC3)Nc1ccccc1OC(F)(F)F. The van der Waals surface area contributed by atoms with E-state index < -0.39 is 18.0 Å². The molecule has 30 heavy (non-hydrogen) atoms. The van der Waals surface area contributed by atoms with E-state index in [1.165, 1.54) is 34.0 Å². The quantitative estimate of drug-likeness (QED) is 0.647. The van der Waals surface area contributed by atoms with Crippen molar-refractivity contribution < 1.29 is 22.7 Å². The number of halogens is 3. The number of amides is 1. The van der Waals surface area contributed by atoms with Crippen LogP contribution in [0.3, 0.4) is 0 Å². The minimum atomic E-state index is -4.87.